The smallest absolute Gasteiger partial charge is 0.291 e. The van der Waals surface area contributed by atoms with E-state index in [1.54, 1.807) is 31.2 Å². The lowest BCUT2D eigenvalue weighted by Crippen LogP contribution is -2.24. The summed E-state index contributed by atoms with van der Waals surface area (Å²) in [5.74, 6) is -1.02. The van der Waals surface area contributed by atoms with Crippen LogP contribution in [0.5, 0.6) is 0 Å². The zero-order chi connectivity index (χ0) is 18.6. The predicted molar refractivity (Wildman–Crippen MR) is 96.8 cm³/mol. The molecule has 1 aliphatic rings. The zero-order valence-electron chi connectivity index (χ0n) is 13.9. The van der Waals surface area contributed by atoms with E-state index in [0.29, 0.717) is 27.4 Å². The van der Waals surface area contributed by atoms with E-state index in [2.05, 4.69) is 5.32 Å². The summed E-state index contributed by atoms with van der Waals surface area (Å²) in [4.78, 5) is 37.6. The highest BCUT2D eigenvalue weighted by molar-refractivity contribution is 6.31. The lowest BCUT2D eigenvalue weighted by atomic mass is 10.1. The number of aryl methyl sites for hydroxylation is 1. The summed E-state index contributed by atoms with van der Waals surface area (Å²) in [6.45, 7) is 1.77. The molecular formula is C19H13ClN2O4. The first-order valence-corrected chi connectivity index (χ1v) is 8.21. The Hall–Kier alpha value is -3.12. The number of anilines is 1. The van der Waals surface area contributed by atoms with Crippen LogP contribution >= 0.6 is 11.6 Å². The molecule has 4 rings (SSSR count). The second kappa shape index (κ2) is 5.71. The van der Waals surface area contributed by atoms with E-state index in [-0.39, 0.29) is 17.2 Å². The standard InChI is InChI=1S/C19H13ClN2O4/c1-9-13-7-10(20)3-6-15(13)26-16(9)17(23)21-11-4-5-12-14(8-11)19(25)22(2)18(12)24/h3-8H,1-2H3,(H,21,23). The summed E-state index contributed by atoms with van der Waals surface area (Å²) < 4.78 is 5.64. The van der Waals surface area contributed by atoms with Gasteiger partial charge in [0.05, 0.1) is 11.1 Å². The first-order valence-electron chi connectivity index (χ1n) is 7.83. The molecule has 1 N–H and O–H groups in total. The van der Waals surface area contributed by atoms with Crippen LogP contribution in [0.4, 0.5) is 5.69 Å². The van der Waals surface area contributed by atoms with Gasteiger partial charge in [-0.2, -0.15) is 0 Å². The molecule has 2 aromatic carbocycles. The van der Waals surface area contributed by atoms with Crippen molar-refractivity contribution >= 4 is 46.0 Å². The van der Waals surface area contributed by atoms with Crippen molar-refractivity contribution in [3.05, 3.63) is 63.9 Å². The minimum atomic E-state index is -0.445. The minimum Gasteiger partial charge on any atom is -0.451 e. The molecule has 0 atom stereocenters. The molecule has 3 amide bonds. The molecule has 2 heterocycles. The average Bonchev–Trinajstić information content (AvgIpc) is 3.05. The number of nitrogens with zero attached hydrogens (tertiary/aromatic N) is 1. The van der Waals surface area contributed by atoms with Crippen molar-refractivity contribution in [3.8, 4) is 0 Å². The maximum absolute atomic E-state index is 12.6. The summed E-state index contributed by atoms with van der Waals surface area (Å²) in [5.41, 5.74) is 2.23. The van der Waals surface area contributed by atoms with Crippen LogP contribution < -0.4 is 5.32 Å². The third-order valence-corrected chi connectivity index (χ3v) is 4.69. The number of imide groups is 1. The van der Waals surface area contributed by atoms with E-state index >= 15 is 0 Å². The van der Waals surface area contributed by atoms with E-state index in [1.807, 2.05) is 0 Å². The Bertz CT molecular complexity index is 1120. The van der Waals surface area contributed by atoms with Crippen LogP contribution in [0, 0.1) is 6.92 Å². The van der Waals surface area contributed by atoms with Gasteiger partial charge < -0.3 is 9.73 Å². The SMILES string of the molecule is Cc1c(C(=O)Nc2ccc3c(c2)C(=O)N(C)C3=O)oc2ccc(Cl)cc12. The van der Waals surface area contributed by atoms with E-state index < -0.39 is 11.8 Å². The third-order valence-electron chi connectivity index (χ3n) is 4.45. The Kier molecular flexibility index (Phi) is 3.59. The topological polar surface area (TPSA) is 79.6 Å². The van der Waals surface area contributed by atoms with Crippen molar-refractivity contribution in [3.63, 3.8) is 0 Å². The van der Waals surface area contributed by atoms with Gasteiger partial charge in [0.2, 0.25) is 0 Å². The first-order chi connectivity index (χ1) is 12.4. The number of hydrogen-bond donors (Lipinski definition) is 1. The van der Waals surface area contributed by atoms with Crippen molar-refractivity contribution in [1.82, 2.24) is 4.90 Å². The lowest BCUT2D eigenvalue weighted by Gasteiger charge is -2.05. The second-order valence-corrected chi connectivity index (χ2v) is 6.52. The molecule has 0 radical (unpaired) electrons. The Morgan fingerprint density at radius 3 is 2.58 bits per heavy atom. The molecule has 0 saturated carbocycles. The van der Waals surface area contributed by atoms with Crippen molar-refractivity contribution in [2.75, 3.05) is 12.4 Å². The van der Waals surface area contributed by atoms with Crippen LogP contribution in [0.3, 0.4) is 0 Å². The van der Waals surface area contributed by atoms with Gasteiger partial charge in [0.1, 0.15) is 5.58 Å². The van der Waals surface area contributed by atoms with Crippen LogP contribution in [-0.4, -0.2) is 29.7 Å². The van der Waals surface area contributed by atoms with Gasteiger partial charge in [-0.3, -0.25) is 19.3 Å². The Labute approximate surface area is 153 Å². The van der Waals surface area contributed by atoms with E-state index in [4.69, 9.17) is 16.0 Å². The second-order valence-electron chi connectivity index (χ2n) is 6.08. The number of rotatable bonds is 2. The maximum atomic E-state index is 12.6. The van der Waals surface area contributed by atoms with Gasteiger partial charge in [-0.05, 0) is 43.3 Å². The fourth-order valence-corrected chi connectivity index (χ4v) is 3.21. The molecule has 6 nitrogen and oxygen atoms in total. The summed E-state index contributed by atoms with van der Waals surface area (Å²) in [6, 6.07) is 9.73. The molecule has 0 spiro atoms. The molecule has 1 aliphatic heterocycles. The number of furan rings is 1. The Balaban J connectivity index is 1.67. The summed E-state index contributed by atoms with van der Waals surface area (Å²) in [6.07, 6.45) is 0. The molecule has 130 valence electrons. The number of halogens is 1. The molecule has 0 fully saturated rings. The molecule has 0 saturated heterocycles. The largest absolute Gasteiger partial charge is 0.451 e. The predicted octanol–water partition coefficient (Wildman–Crippen LogP) is 3.87. The number of fused-ring (bicyclic) bond motifs is 2. The van der Waals surface area contributed by atoms with Crippen molar-refractivity contribution in [2.45, 2.75) is 6.92 Å². The molecule has 7 heteroatoms. The van der Waals surface area contributed by atoms with E-state index in [0.717, 1.165) is 10.3 Å². The monoisotopic (exact) mass is 368 g/mol. The van der Waals surface area contributed by atoms with Crippen molar-refractivity contribution in [1.29, 1.82) is 0 Å². The Morgan fingerprint density at radius 1 is 1.08 bits per heavy atom. The fraction of sp³-hybridized carbons (Fsp3) is 0.105. The van der Waals surface area contributed by atoms with Crippen molar-refractivity contribution in [2.24, 2.45) is 0 Å². The summed E-state index contributed by atoms with van der Waals surface area (Å²) in [5, 5.41) is 4.02. The van der Waals surface area contributed by atoms with Crippen molar-refractivity contribution < 1.29 is 18.8 Å². The fourth-order valence-electron chi connectivity index (χ4n) is 3.04. The normalized spacial score (nSPS) is 13.4. The highest BCUT2D eigenvalue weighted by atomic mass is 35.5. The molecular weight excluding hydrogens is 356 g/mol. The van der Waals surface area contributed by atoms with Crippen LogP contribution in [0.2, 0.25) is 5.02 Å². The third kappa shape index (κ3) is 2.38. The molecule has 0 aliphatic carbocycles. The number of nitrogens with one attached hydrogen (secondary N) is 1. The molecule has 1 aromatic heterocycles. The highest BCUT2D eigenvalue weighted by Crippen LogP contribution is 2.29. The van der Waals surface area contributed by atoms with Gasteiger partial charge in [-0.15, -0.1) is 0 Å². The van der Waals surface area contributed by atoms with Gasteiger partial charge >= 0.3 is 0 Å². The average molecular weight is 369 g/mol. The lowest BCUT2D eigenvalue weighted by molar-refractivity contribution is 0.0692. The number of benzene rings is 2. The molecule has 0 bridgehead atoms. The summed E-state index contributed by atoms with van der Waals surface area (Å²) in [7, 11) is 1.42. The minimum absolute atomic E-state index is 0.169. The number of amides is 3. The quantitative estimate of drug-likeness (QED) is 0.696. The van der Waals surface area contributed by atoms with Crippen LogP contribution in [0.15, 0.2) is 40.8 Å². The van der Waals surface area contributed by atoms with E-state index in [1.165, 1.54) is 19.2 Å². The molecule has 26 heavy (non-hydrogen) atoms. The van der Waals surface area contributed by atoms with Crippen LogP contribution in [0.1, 0.15) is 36.8 Å². The number of carbonyl (C=O) groups excluding carboxylic acids is 3. The highest BCUT2D eigenvalue weighted by Gasteiger charge is 2.33. The van der Waals surface area contributed by atoms with Gasteiger partial charge in [0, 0.05) is 28.7 Å². The van der Waals surface area contributed by atoms with Gasteiger partial charge in [-0.1, -0.05) is 11.6 Å². The zero-order valence-corrected chi connectivity index (χ0v) is 14.7. The maximum Gasteiger partial charge on any atom is 0.291 e. The number of hydrogen-bond acceptors (Lipinski definition) is 4. The van der Waals surface area contributed by atoms with E-state index in [9.17, 15) is 14.4 Å². The summed E-state index contributed by atoms with van der Waals surface area (Å²) >= 11 is 5.99. The molecule has 0 unspecified atom stereocenters. The first kappa shape index (κ1) is 16.4. The van der Waals surface area contributed by atoms with Gasteiger partial charge in [0.15, 0.2) is 5.76 Å². The van der Waals surface area contributed by atoms with Crippen LogP contribution in [0.25, 0.3) is 11.0 Å². The molecule has 3 aromatic rings. The van der Waals surface area contributed by atoms with Gasteiger partial charge in [-0.25, -0.2) is 0 Å². The van der Waals surface area contributed by atoms with Gasteiger partial charge in [0.25, 0.3) is 17.7 Å². The Morgan fingerprint density at radius 2 is 1.81 bits per heavy atom. The van der Waals surface area contributed by atoms with Crippen LogP contribution in [-0.2, 0) is 0 Å². The number of carbonyl (C=O) groups is 3.